The lowest BCUT2D eigenvalue weighted by Crippen LogP contribution is -2.31. The summed E-state index contributed by atoms with van der Waals surface area (Å²) in [6.45, 7) is 0.174. The molecule has 0 radical (unpaired) electrons. The normalized spacial score (nSPS) is 11.1. The molecule has 1 amide bonds. The van der Waals surface area contributed by atoms with Crippen molar-refractivity contribution in [3.8, 4) is 0 Å². The Kier molecular flexibility index (Phi) is 5.92. The minimum atomic E-state index is -3.44. The predicted octanol–water partition coefficient (Wildman–Crippen LogP) is 3.01. The van der Waals surface area contributed by atoms with E-state index in [-0.39, 0.29) is 24.6 Å². The van der Waals surface area contributed by atoms with Crippen LogP contribution < -0.4 is 9.62 Å². The number of nitrogens with zero attached hydrogens (tertiary/aromatic N) is 1. The summed E-state index contributed by atoms with van der Waals surface area (Å²) in [5.41, 5.74) is 0.667. The number of amides is 1. The fourth-order valence-corrected chi connectivity index (χ4v) is 3.20. The van der Waals surface area contributed by atoms with Gasteiger partial charge >= 0.3 is 0 Å². The van der Waals surface area contributed by atoms with E-state index in [4.69, 9.17) is 0 Å². The molecule has 2 aromatic carbocycles. The third-order valence-corrected chi connectivity index (χ3v) is 4.55. The molecule has 5 nitrogen and oxygen atoms in total. The van der Waals surface area contributed by atoms with Gasteiger partial charge in [0.1, 0.15) is 5.82 Å². The van der Waals surface area contributed by atoms with E-state index in [0.29, 0.717) is 12.1 Å². The van der Waals surface area contributed by atoms with E-state index in [1.165, 1.54) is 22.5 Å². The smallest absolute Gasteiger partial charge is 0.232 e. The predicted molar refractivity (Wildman–Crippen MR) is 92.9 cm³/mol. The van der Waals surface area contributed by atoms with Crippen molar-refractivity contribution in [2.45, 2.75) is 12.8 Å². The van der Waals surface area contributed by atoms with Gasteiger partial charge in [-0.1, -0.05) is 30.3 Å². The van der Waals surface area contributed by atoms with Crippen LogP contribution in [0, 0.1) is 5.82 Å². The SMILES string of the molecule is CS(=O)(=O)N(CCCC(=O)Nc1ccccc1F)c1ccccc1. The maximum atomic E-state index is 13.5. The standard InChI is InChI=1S/C17H19FN2O3S/c1-24(22,23)20(14-8-3-2-4-9-14)13-7-12-17(21)19-16-11-6-5-10-15(16)18/h2-6,8-11H,7,12-13H2,1H3,(H,19,21). The maximum absolute atomic E-state index is 13.5. The maximum Gasteiger partial charge on any atom is 0.232 e. The Hall–Kier alpha value is -2.41. The Balaban J connectivity index is 1.94. The monoisotopic (exact) mass is 350 g/mol. The fourth-order valence-electron chi connectivity index (χ4n) is 2.24. The van der Waals surface area contributed by atoms with Crippen LogP contribution in [0.2, 0.25) is 0 Å². The minimum Gasteiger partial charge on any atom is -0.324 e. The van der Waals surface area contributed by atoms with E-state index in [9.17, 15) is 17.6 Å². The lowest BCUT2D eigenvalue weighted by atomic mass is 10.2. The Morgan fingerprint density at radius 3 is 2.33 bits per heavy atom. The zero-order chi connectivity index (χ0) is 17.6. The van der Waals surface area contributed by atoms with Gasteiger partial charge in [0.25, 0.3) is 0 Å². The molecule has 0 saturated carbocycles. The van der Waals surface area contributed by atoms with Gasteiger partial charge in [0.05, 0.1) is 17.6 Å². The van der Waals surface area contributed by atoms with Crippen LogP contribution in [0.3, 0.4) is 0 Å². The Bertz CT molecular complexity index is 794. The second-order valence-corrected chi connectivity index (χ2v) is 7.21. The molecule has 0 aliphatic rings. The topological polar surface area (TPSA) is 66.5 Å². The number of rotatable bonds is 7. The molecule has 128 valence electrons. The Morgan fingerprint density at radius 1 is 1.08 bits per heavy atom. The van der Waals surface area contributed by atoms with Crippen molar-refractivity contribution in [2.75, 3.05) is 22.4 Å². The molecule has 0 spiro atoms. The van der Waals surface area contributed by atoms with Crippen molar-refractivity contribution < 1.29 is 17.6 Å². The summed E-state index contributed by atoms with van der Waals surface area (Å²) in [4.78, 5) is 11.9. The number of para-hydroxylation sites is 2. The first kappa shape index (κ1) is 17.9. The number of hydrogen-bond acceptors (Lipinski definition) is 3. The van der Waals surface area contributed by atoms with Crippen LogP contribution in [-0.2, 0) is 14.8 Å². The molecule has 0 aliphatic heterocycles. The first-order valence-electron chi connectivity index (χ1n) is 7.45. The molecule has 0 fully saturated rings. The number of hydrogen-bond donors (Lipinski definition) is 1. The van der Waals surface area contributed by atoms with E-state index in [1.807, 2.05) is 0 Å². The second-order valence-electron chi connectivity index (χ2n) is 5.30. The highest BCUT2D eigenvalue weighted by molar-refractivity contribution is 7.92. The number of sulfonamides is 1. The highest BCUT2D eigenvalue weighted by Gasteiger charge is 2.17. The molecule has 0 saturated heterocycles. The van der Waals surface area contributed by atoms with Gasteiger partial charge in [0.2, 0.25) is 15.9 Å². The van der Waals surface area contributed by atoms with Crippen molar-refractivity contribution in [3.63, 3.8) is 0 Å². The lowest BCUT2D eigenvalue weighted by molar-refractivity contribution is -0.116. The number of anilines is 2. The molecule has 1 N–H and O–H groups in total. The van der Waals surface area contributed by atoms with E-state index in [2.05, 4.69) is 5.32 Å². The largest absolute Gasteiger partial charge is 0.324 e. The van der Waals surface area contributed by atoms with Crippen LogP contribution in [0.5, 0.6) is 0 Å². The van der Waals surface area contributed by atoms with Gasteiger partial charge in [0, 0.05) is 13.0 Å². The lowest BCUT2D eigenvalue weighted by Gasteiger charge is -2.22. The zero-order valence-corrected chi connectivity index (χ0v) is 14.1. The summed E-state index contributed by atoms with van der Waals surface area (Å²) in [5, 5.41) is 2.48. The van der Waals surface area contributed by atoms with Crippen LogP contribution in [0.15, 0.2) is 54.6 Å². The summed E-state index contributed by atoms with van der Waals surface area (Å²) in [5.74, 6) is -0.866. The summed E-state index contributed by atoms with van der Waals surface area (Å²) < 4.78 is 38.6. The van der Waals surface area contributed by atoms with Gasteiger partial charge in [-0.15, -0.1) is 0 Å². The molecule has 0 unspecified atom stereocenters. The first-order valence-corrected chi connectivity index (χ1v) is 9.30. The average molecular weight is 350 g/mol. The van der Waals surface area contributed by atoms with Gasteiger partial charge in [-0.25, -0.2) is 12.8 Å². The van der Waals surface area contributed by atoms with Crippen LogP contribution in [-0.4, -0.2) is 27.1 Å². The first-order chi connectivity index (χ1) is 11.4. The van der Waals surface area contributed by atoms with E-state index in [0.717, 1.165) is 6.26 Å². The summed E-state index contributed by atoms with van der Waals surface area (Å²) >= 11 is 0. The number of carbonyl (C=O) groups excluding carboxylic acids is 1. The summed E-state index contributed by atoms with van der Waals surface area (Å²) in [7, 11) is -3.44. The van der Waals surface area contributed by atoms with Crippen molar-refractivity contribution in [3.05, 3.63) is 60.4 Å². The second kappa shape index (κ2) is 7.92. The Labute approximate surface area is 141 Å². The highest BCUT2D eigenvalue weighted by Crippen LogP contribution is 2.18. The number of carbonyl (C=O) groups is 1. The molecule has 24 heavy (non-hydrogen) atoms. The van der Waals surface area contributed by atoms with Crippen LogP contribution in [0.1, 0.15) is 12.8 Å². The molecule has 0 aromatic heterocycles. The van der Waals surface area contributed by atoms with E-state index < -0.39 is 15.8 Å². The van der Waals surface area contributed by atoms with Crippen molar-refractivity contribution in [2.24, 2.45) is 0 Å². The highest BCUT2D eigenvalue weighted by atomic mass is 32.2. The fraction of sp³-hybridized carbons (Fsp3) is 0.235. The quantitative estimate of drug-likeness (QED) is 0.835. The van der Waals surface area contributed by atoms with Gasteiger partial charge in [-0.05, 0) is 30.7 Å². The molecular formula is C17H19FN2O3S. The summed E-state index contributed by atoms with van der Waals surface area (Å²) in [6.07, 6.45) is 1.54. The van der Waals surface area contributed by atoms with E-state index >= 15 is 0 Å². The third kappa shape index (κ3) is 5.06. The average Bonchev–Trinajstić information content (AvgIpc) is 2.53. The van der Waals surface area contributed by atoms with Gasteiger partial charge in [0.15, 0.2) is 0 Å². The van der Waals surface area contributed by atoms with E-state index in [1.54, 1.807) is 36.4 Å². The number of benzene rings is 2. The molecule has 0 aliphatic carbocycles. The molecule has 7 heteroatoms. The molecule has 0 heterocycles. The number of halogens is 1. The van der Waals surface area contributed by atoms with Crippen LogP contribution in [0.4, 0.5) is 15.8 Å². The molecule has 2 aromatic rings. The van der Waals surface area contributed by atoms with Gasteiger partial charge in [-0.2, -0.15) is 0 Å². The zero-order valence-electron chi connectivity index (χ0n) is 13.3. The van der Waals surface area contributed by atoms with Crippen LogP contribution in [0.25, 0.3) is 0 Å². The van der Waals surface area contributed by atoms with Crippen molar-refractivity contribution in [1.82, 2.24) is 0 Å². The summed E-state index contributed by atoms with van der Waals surface area (Å²) in [6, 6.07) is 14.6. The van der Waals surface area contributed by atoms with Crippen LogP contribution >= 0.6 is 0 Å². The molecule has 0 atom stereocenters. The van der Waals surface area contributed by atoms with Crippen molar-refractivity contribution in [1.29, 1.82) is 0 Å². The molecule has 0 bridgehead atoms. The molecular weight excluding hydrogens is 331 g/mol. The number of nitrogens with one attached hydrogen (secondary N) is 1. The third-order valence-electron chi connectivity index (χ3n) is 3.36. The van der Waals surface area contributed by atoms with Crippen molar-refractivity contribution >= 4 is 27.3 Å². The molecule has 2 rings (SSSR count). The minimum absolute atomic E-state index is 0.0905. The van der Waals surface area contributed by atoms with Gasteiger partial charge < -0.3 is 5.32 Å². The van der Waals surface area contributed by atoms with Gasteiger partial charge in [-0.3, -0.25) is 9.10 Å². The Morgan fingerprint density at radius 2 is 1.71 bits per heavy atom.